The highest BCUT2D eigenvalue weighted by atomic mass is 16.5. The fraction of sp³-hybridized carbons (Fsp3) is 0.636. The smallest absolute Gasteiger partial charge is 0.266 e. The summed E-state index contributed by atoms with van der Waals surface area (Å²) in [5, 5.41) is 4.27. The second-order valence-electron chi connectivity index (χ2n) is 9.05. The van der Waals surface area contributed by atoms with E-state index in [-0.39, 0.29) is 5.41 Å². The Bertz CT molecular complexity index is 797. The molecule has 0 bridgehead atoms. The number of aromatic nitrogens is 2. The van der Waals surface area contributed by atoms with Gasteiger partial charge in [-0.1, -0.05) is 32.9 Å². The Balaban J connectivity index is 1.42. The van der Waals surface area contributed by atoms with Crippen LogP contribution in [0.1, 0.15) is 44.7 Å². The third-order valence-corrected chi connectivity index (χ3v) is 6.05. The molecule has 2 aliphatic heterocycles. The average molecular weight is 385 g/mol. The average Bonchev–Trinajstić information content (AvgIpc) is 3.18. The van der Waals surface area contributed by atoms with Crippen LogP contribution in [0.25, 0.3) is 11.5 Å². The number of anilines is 1. The minimum Gasteiger partial charge on any atom is -0.379 e. The summed E-state index contributed by atoms with van der Waals surface area (Å²) < 4.78 is 11.1. The molecule has 0 radical (unpaired) electrons. The number of hydrogen-bond acceptors (Lipinski definition) is 6. The quantitative estimate of drug-likeness (QED) is 0.805. The number of ether oxygens (including phenoxy) is 1. The lowest BCUT2D eigenvalue weighted by Gasteiger charge is -2.39. The summed E-state index contributed by atoms with van der Waals surface area (Å²) in [7, 11) is 0. The lowest BCUT2D eigenvalue weighted by atomic mass is 9.85. The molecule has 6 nitrogen and oxygen atoms in total. The molecule has 0 atom stereocenters. The molecule has 0 amide bonds. The highest BCUT2D eigenvalue weighted by Crippen LogP contribution is 2.30. The van der Waals surface area contributed by atoms with Crippen LogP contribution in [-0.4, -0.2) is 60.5 Å². The van der Waals surface area contributed by atoms with E-state index in [0.717, 1.165) is 63.7 Å². The van der Waals surface area contributed by atoms with E-state index in [0.29, 0.717) is 11.9 Å². The largest absolute Gasteiger partial charge is 0.379 e. The Hall–Kier alpha value is -1.92. The van der Waals surface area contributed by atoms with Gasteiger partial charge in [0.2, 0.25) is 0 Å². The lowest BCUT2D eigenvalue weighted by molar-refractivity contribution is 0.0114. The molecule has 0 unspecified atom stereocenters. The van der Waals surface area contributed by atoms with Gasteiger partial charge in [-0.2, -0.15) is 4.98 Å². The standard InChI is InChI=1S/C22H32N4O2/c1-16-15-17(22(2,3)4)5-6-19(16)20-23-21(24-28-20)26-9-7-18(8-10-26)25-11-13-27-14-12-25/h5-6,15,18H,7-14H2,1-4H3. The molecule has 0 N–H and O–H groups in total. The zero-order valence-electron chi connectivity index (χ0n) is 17.6. The van der Waals surface area contributed by atoms with Crippen LogP contribution in [0.4, 0.5) is 5.95 Å². The number of hydrogen-bond donors (Lipinski definition) is 0. The molecule has 0 saturated carbocycles. The van der Waals surface area contributed by atoms with Crippen LogP contribution in [0.15, 0.2) is 22.7 Å². The van der Waals surface area contributed by atoms with Gasteiger partial charge in [-0.25, -0.2) is 0 Å². The van der Waals surface area contributed by atoms with Gasteiger partial charge in [0.15, 0.2) is 0 Å². The van der Waals surface area contributed by atoms with Crippen LogP contribution in [-0.2, 0) is 10.2 Å². The van der Waals surface area contributed by atoms with E-state index in [1.165, 1.54) is 11.1 Å². The number of morpholine rings is 1. The van der Waals surface area contributed by atoms with E-state index >= 15 is 0 Å². The number of aryl methyl sites for hydroxylation is 1. The summed E-state index contributed by atoms with van der Waals surface area (Å²) in [6, 6.07) is 7.16. The van der Waals surface area contributed by atoms with E-state index in [4.69, 9.17) is 14.2 Å². The van der Waals surface area contributed by atoms with Gasteiger partial charge < -0.3 is 14.2 Å². The molecule has 0 spiro atoms. The van der Waals surface area contributed by atoms with Gasteiger partial charge in [-0.3, -0.25) is 4.90 Å². The second kappa shape index (κ2) is 7.84. The predicted molar refractivity (Wildman–Crippen MR) is 111 cm³/mol. The first-order chi connectivity index (χ1) is 13.4. The zero-order chi connectivity index (χ0) is 19.7. The minimum absolute atomic E-state index is 0.133. The maximum Gasteiger partial charge on any atom is 0.266 e. The van der Waals surface area contributed by atoms with Gasteiger partial charge in [0.05, 0.1) is 13.2 Å². The molecule has 1 aromatic heterocycles. The maximum atomic E-state index is 5.62. The van der Waals surface area contributed by atoms with Gasteiger partial charge in [-0.15, -0.1) is 0 Å². The third kappa shape index (κ3) is 4.08. The van der Waals surface area contributed by atoms with Crippen molar-refractivity contribution in [3.63, 3.8) is 0 Å². The molecule has 2 saturated heterocycles. The maximum absolute atomic E-state index is 5.62. The summed E-state index contributed by atoms with van der Waals surface area (Å²) in [6.07, 6.45) is 2.28. The summed E-state index contributed by atoms with van der Waals surface area (Å²) in [6.45, 7) is 14.6. The predicted octanol–water partition coefficient (Wildman–Crippen LogP) is 3.64. The number of benzene rings is 1. The van der Waals surface area contributed by atoms with Gasteiger partial charge >= 0.3 is 0 Å². The Morgan fingerprint density at radius 1 is 1.04 bits per heavy atom. The molecular weight excluding hydrogens is 352 g/mol. The van der Waals surface area contributed by atoms with Crippen LogP contribution in [0.5, 0.6) is 0 Å². The summed E-state index contributed by atoms with van der Waals surface area (Å²) in [4.78, 5) is 9.53. The highest BCUT2D eigenvalue weighted by Gasteiger charge is 2.28. The number of piperidine rings is 1. The molecule has 3 heterocycles. The van der Waals surface area contributed by atoms with Gasteiger partial charge in [-0.05, 0) is 47.5 Å². The van der Waals surface area contributed by atoms with Crippen molar-refractivity contribution in [3.8, 4) is 11.5 Å². The Labute approximate surface area is 167 Å². The molecule has 2 aliphatic rings. The van der Waals surface area contributed by atoms with E-state index in [1.807, 2.05) is 0 Å². The molecular formula is C22H32N4O2. The minimum atomic E-state index is 0.133. The van der Waals surface area contributed by atoms with Gasteiger partial charge in [0.1, 0.15) is 0 Å². The summed E-state index contributed by atoms with van der Waals surface area (Å²) in [5.74, 6) is 1.33. The monoisotopic (exact) mass is 384 g/mol. The van der Waals surface area contributed by atoms with Crippen LogP contribution in [0.3, 0.4) is 0 Å². The summed E-state index contributed by atoms with van der Waals surface area (Å²) >= 11 is 0. The fourth-order valence-electron chi connectivity index (χ4n) is 4.20. The van der Waals surface area contributed by atoms with Crippen molar-refractivity contribution in [1.29, 1.82) is 0 Å². The summed E-state index contributed by atoms with van der Waals surface area (Å²) in [5.41, 5.74) is 3.65. The molecule has 2 fully saturated rings. The molecule has 6 heteroatoms. The Morgan fingerprint density at radius 3 is 2.39 bits per heavy atom. The topological polar surface area (TPSA) is 54.6 Å². The second-order valence-corrected chi connectivity index (χ2v) is 9.05. The molecule has 28 heavy (non-hydrogen) atoms. The fourth-order valence-corrected chi connectivity index (χ4v) is 4.20. The first-order valence-corrected chi connectivity index (χ1v) is 10.4. The van der Waals surface area contributed by atoms with Crippen LogP contribution >= 0.6 is 0 Å². The van der Waals surface area contributed by atoms with Gasteiger partial charge in [0.25, 0.3) is 11.8 Å². The van der Waals surface area contributed by atoms with Crippen molar-refractivity contribution >= 4 is 5.95 Å². The number of nitrogens with zero attached hydrogens (tertiary/aromatic N) is 4. The van der Waals surface area contributed by atoms with Crippen molar-refractivity contribution in [3.05, 3.63) is 29.3 Å². The first-order valence-electron chi connectivity index (χ1n) is 10.4. The third-order valence-electron chi connectivity index (χ3n) is 6.05. The van der Waals surface area contributed by atoms with E-state index in [2.05, 4.69) is 60.9 Å². The SMILES string of the molecule is Cc1cc(C(C)(C)C)ccc1-c1nc(N2CCC(N3CCOCC3)CC2)no1. The zero-order valence-corrected chi connectivity index (χ0v) is 17.6. The van der Waals surface area contributed by atoms with Crippen molar-refractivity contribution in [2.45, 2.75) is 52.0 Å². The van der Waals surface area contributed by atoms with Crippen molar-refractivity contribution < 1.29 is 9.26 Å². The van der Waals surface area contributed by atoms with Crippen LogP contribution in [0.2, 0.25) is 0 Å². The first kappa shape index (κ1) is 19.4. The number of rotatable bonds is 3. The Kier molecular flexibility index (Phi) is 5.43. The van der Waals surface area contributed by atoms with E-state index in [9.17, 15) is 0 Å². The lowest BCUT2D eigenvalue weighted by Crippen LogP contribution is -2.49. The highest BCUT2D eigenvalue weighted by molar-refractivity contribution is 5.60. The molecule has 1 aromatic carbocycles. The van der Waals surface area contributed by atoms with Crippen molar-refractivity contribution in [2.24, 2.45) is 0 Å². The molecule has 2 aromatic rings. The normalized spacial score (nSPS) is 19.9. The van der Waals surface area contributed by atoms with Gasteiger partial charge in [0, 0.05) is 37.8 Å². The van der Waals surface area contributed by atoms with Crippen molar-refractivity contribution in [2.75, 3.05) is 44.3 Å². The molecule has 152 valence electrons. The Morgan fingerprint density at radius 2 is 1.75 bits per heavy atom. The van der Waals surface area contributed by atoms with E-state index < -0.39 is 0 Å². The molecule has 0 aliphatic carbocycles. The van der Waals surface area contributed by atoms with Crippen LogP contribution < -0.4 is 4.90 Å². The molecule has 4 rings (SSSR count). The van der Waals surface area contributed by atoms with E-state index in [1.54, 1.807) is 0 Å². The van der Waals surface area contributed by atoms with Crippen LogP contribution in [0, 0.1) is 6.92 Å². The van der Waals surface area contributed by atoms with Crippen molar-refractivity contribution in [1.82, 2.24) is 15.0 Å².